The SMILES string of the molecule is COc1ccc(C)cc1N=Nc1c(-c2ccccc2)nc2c(C)cccn12. The maximum absolute atomic E-state index is 5.42. The van der Waals surface area contributed by atoms with Gasteiger partial charge in [0.05, 0.1) is 7.11 Å². The quantitative estimate of drug-likeness (QED) is 0.418. The summed E-state index contributed by atoms with van der Waals surface area (Å²) in [4.78, 5) is 4.83. The van der Waals surface area contributed by atoms with Crippen molar-refractivity contribution in [2.75, 3.05) is 7.11 Å². The van der Waals surface area contributed by atoms with Gasteiger partial charge >= 0.3 is 0 Å². The van der Waals surface area contributed by atoms with Gasteiger partial charge in [-0.2, -0.15) is 0 Å². The van der Waals surface area contributed by atoms with Gasteiger partial charge in [0.2, 0.25) is 0 Å². The topological polar surface area (TPSA) is 51.2 Å². The lowest BCUT2D eigenvalue weighted by molar-refractivity contribution is 0.415. The zero-order chi connectivity index (χ0) is 18.8. The molecule has 0 aliphatic heterocycles. The van der Waals surface area contributed by atoms with Crippen LogP contribution in [-0.2, 0) is 0 Å². The molecule has 0 bridgehead atoms. The van der Waals surface area contributed by atoms with Crippen LogP contribution in [0.3, 0.4) is 0 Å². The Morgan fingerprint density at radius 3 is 2.52 bits per heavy atom. The summed E-state index contributed by atoms with van der Waals surface area (Å²) in [7, 11) is 1.64. The Hall–Kier alpha value is -3.47. The summed E-state index contributed by atoms with van der Waals surface area (Å²) in [6.07, 6.45) is 1.96. The van der Waals surface area contributed by atoms with E-state index in [9.17, 15) is 0 Å². The van der Waals surface area contributed by atoms with Crippen molar-refractivity contribution in [3.8, 4) is 17.0 Å². The highest BCUT2D eigenvalue weighted by Gasteiger charge is 2.15. The highest BCUT2D eigenvalue weighted by molar-refractivity contribution is 5.75. The number of hydrogen-bond acceptors (Lipinski definition) is 4. The maximum atomic E-state index is 5.42. The molecule has 4 aromatic rings. The normalized spacial score (nSPS) is 11.4. The molecular weight excluding hydrogens is 336 g/mol. The fraction of sp³-hybridized carbons (Fsp3) is 0.136. The van der Waals surface area contributed by atoms with Gasteiger partial charge in [-0.15, -0.1) is 10.2 Å². The number of fused-ring (bicyclic) bond motifs is 1. The van der Waals surface area contributed by atoms with Crippen LogP contribution >= 0.6 is 0 Å². The van der Waals surface area contributed by atoms with E-state index in [0.717, 1.165) is 28.0 Å². The van der Waals surface area contributed by atoms with Crippen LogP contribution in [0.25, 0.3) is 16.9 Å². The van der Waals surface area contributed by atoms with Crippen LogP contribution in [-0.4, -0.2) is 16.5 Å². The molecule has 0 spiro atoms. The summed E-state index contributed by atoms with van der Waals surface area (Å²) in [5.74, 6) is 1.39. The van der Waals surface area contributed by atoms with Gasteiger partial charge in [0.25, 0.3) is 0 Å². The van der Waals surface area contributed by atoms with Gasteiger partial charge in [0.1, 0.15) is 22.8 Å². The van der Waals surface area contributed by atoms with Crippen LogP contribution in [0.5, 0.6) is 5.75 Å². The molecule has 0 unspecified atom stereocenters. The minimum Gasteiger partial charge on any atom is -0.494 e. The van der Waals surface area contributed by atoms with E-state index in [2.05, 4.69) is 10.2 Å². The first-order chi connectivity index (χ1) is 13.2. The number of benzene rings is 2. The number of nitrogens with zero attached hydrogens (tertiary/aromatic N) is 4. The molecule has 0 amide bonds. The highest BCUT2D eigenvalue weighted by atomic mass is 16.5. The van der Waals surface area contributed by atoms with Crippen molar-refractivity contribution >= 4 is 17.2 Å². The Kier molecular flexibility index (Phi) is 4.42. The van der Waals surface area contributed by atoms with Gasteiger partial charge in [-0.25, -0.2) is 4.98 Å². The zero-order valence-electron chi connectivity index (χ0n) is 15.5. The number of ether oxygens (including phenoxy) is 1. The molecule has 2 aromatic carbocycles. The Labute approximate surface area is 158 Å². The molecule has 0 aliphatic carbocycles. The Balaban J connectivity index is 1.91. The number of pyridine rings is 1. The number of hydrogen-bond donors (Lipinski definition) is 0. The Morgan fingerprint density at radius 1 is 0.926 bits per heavy atom. The van der Waals surface area contributed by atoms with Gasteiger partial charge in [0.15, 0.2) is 5.82 Å². The van der Waals surface area contributed by atoms with Crippen molar-refractivity contribution in [3.63, 3.8) is 0 Å². The molecule has 0 atom stereocenters. The second-order valence-electron chi connectivity index (χ2n) is 6.41. The third kappa shape index (κ3) is 3.19. The lowest BCUT2D eigenvalue weighted by atomic mass is 10.1. The molecule has 0 fully saturated rings. The standard InChI is InChI=1S/C22H20N4O/c1-15-11-12-19(27-3)18(14-15)24-25-22-20(17-9-5-4-6-10-17)23-21-16(2)8-7-13-26(21)22/h4-14H,1-3H3. The molecule has 0 saturated heterocycles. The largest absolute Gasteiger partial charge is 0.494 e. The molecule has 4 rings (SSSR count). The third-order valence-electron chi connectivity index (χ3n) is 4.45. The lowest BCUT2D eigenvalue weighted by Gasteiger charge is -2.04. The molecule has 0 aliphatic rings. The number of methoxy groups -OCH3 is 1. The summed E-state index contributed by atoms with van der Waals surface area (Å²) >= 11 is 0. The lowest BCUT2D eigenvalue weighted by Crippen LogP contribution is -1.86. The molecule has 5 nitrogen and oxygen atoms in total. The van der Waals surface area contributed by atoms with Crippen molar-refractivity contribution < 1.29 is 4.74 Å². The molecule has 5 heteroatoms. The molecule has 2 aromatic heterocycles. The molecule has 27 heavy (non-hydrogen) atoms. The molecular formula is C22H20N4O. The average molecular weight is 356 g/mol. The van der Waals surface area contributed by atoms with Crippen molar-refractivity contribution in [2.24, 2.45) is 10.2 Å². The van der Waals surface area contributed by atoms with Crippen molar-refractivity contribution in [1.82, 2.24) is 9.38 Å². The zero-order valence-corrected chi connectivity index (χ0v) is 15.5. The summed E-state index contributed by atoms with van der Waals surface area (Å²) in [5, 5.41) is 9.06. The van der Waals surface area contributed by atoms with Crippen LogP contribution < -0.4 is 4.74 Å². The fourth-order valence-electron chi connectivity index (χ4n) is 3.06. The number of aryl methyl sites for hydroxylation is 2. The van der Waals surface area contributed by atoms with Crippen molar-refractivity contribution in [1.29, 1.82) is 0 Å². The van der Waals surface area contributed by atoms with Gasteiger partial charge < -0.3 is 4.74 Å². The van der Waals surface area contributed by atoms with Crippen LogP contribution in [0.2, 0.25) is 0 Å². The van der Waals surface area contributed by atoms with E-state index in [1.807, 2.05) is 85.1 Å². The summed E-state index contributed by atoms with van der Waals surface area (Å²) < 4.78 is 7.39. The van der Waals surface area contributed by atoms with Crippen LogP contribution in [0.1, 0.15) is 11.1 Å². The second kappa shape index (κ2) is 7.03. The predicted octanol–water partition coefficient (Wildman–Crippen LogP) is 6.04. The first-order valence-corrected chi connectivity index (χ1v) is 8.77. The van der Waals surface area contributed by atoms with Gasteiger partial charge in [-0.05, 0) is 43.2 Å². The molecule has 134 valence electrons. The van der Waals surface area contributed by atoms with Crippen molar-refractivity contribution in [2.45, 2.75) is 13.8 Å². The van der Waals surface area contributed by atoms with Crippen LogP contribution in [0, 0.1) is 13.8 Å². The Bertz CT molecular complexity index is 1130. The number of azo groups is 1. The van der Waals surface area contributed by atoms with E-state index < -0.39 is 0 Å². The monoisotopic (exact) mass is 356 g/mol. The minimum absolute atomic E-state index is 0.690. The first kappa shape index (κ1) is 17.0. The van der Waals surface area contributed by atoms with E-state index in [0.29, 0.717) is 17.3 Å². The molecule has 0 saturated carbocycles. The predicted molar refractivity (Wildman–Crippen MR) is 107 cm³/mol. The first-order valence-electron chi connectivity index (χ1n) is 8.77. The second-order valence-corrected chi connectivity index (χ2v) is 6.41. The third-order valence-corrected chi connectivity index (χ3v) is 4.45. The smallest absolute Gasteiger partial charge is 0.187 e. The molecule has 0 N–H and O–H groups in total. The molecule has 0 radical (unpaired) electrons. The van der Waals surface area contributed by atoms with Crippen LogP contribution in [0.15, 0.2) is 77.1 Å². The maximum Gasteiger partial charge on any atom is 0.187 e. The van der Waals surface area contributed by atoms with Gasteiger partial charge in [-0.1, -0.05) is 42.5 Å². The number of imidazole rings is 1. The summed E-state index contributed by atoms with van der Waals surface area (Å²) in [6, 6.07) is 19.9. The van der Waals surface area contributed by atoms with E-state index >= 15 is 0 Å². The van der Waals surface area contributed by atoms with E-state index in [4.69, 9.17) is 9.72 Å². The minimum atomic E-state index is 0.690. The number of aromatic nitrogens is 2. The summed E-state index contributed by atoms with van der Waals surface area (Å²) in [5.41, 5.74) is 5.57. The van der Waals surface area contributed by atoms with Gasteiger partial charge in [0, 0.05) is 11.8 Å². The fourth-order valence-corrected chi connectivity index (χ4v) is 3.06. The van der Waals surface area contributed by atoms with Crippen LogP contribution in [0.4, 0.5) is 11.5 Å². The Morgan fingerprint density at radius 2 is 1.74 bits per heavy atom. The molecule has 2 heterocycles. The number of rotatable bonds is 4. The van der Waals surface area contributed by atoms with E-state index in [1.165, 1.54) is 0 Å². The highest BCUT2D eigenvalue weighted by Crippen LogP contribution is 2.35. The van der Waals surface area contributed by atoms with Gasteiger partial charge in [-0.3, -0.25) is 4.40 Å². The van der Waals surface area contributed by atoms with E-state index in [1.54, 1.807) is 7.11 Å². The van der Waals surface area contributed by atoms with Crippen molar-refractivity contribution in [3.05, 3.63) is 78.0 Å². The summed E-state index contributed by atoms with van der Waals surface area (Å²) in [6.45, 7) is 4.06. The average Bonchev–Trinajstić information content (AvgIpc) is 3.07. The van der Waals surface area contributed by atoms with E-state index in [-0.39, 0.29) is 0 Å².